The van der Waals surface area contributed by atoms with E-state index in [4.69, 9.17) is 15.4 Å². The van der Waals surface area contributed by atoms with Crippen LogP contribution in [0.25, 0.3) is 0 Å². The largest absolute Gasteiger partial charge is 0.465 e. The summed E-state index contributed by atoms with van der Waals surface area (Å²) in [4.78, 5) is 2.10. The molecular weight excluding hydrogens is 214 g/mol. The van der Waals surface area contributed by atoms with Crippen LogP contribution >= 0.6 is 0 Å². The van der Waals surface area contributed by atoms with Crippen molar-refractivity contribution in [2.45, 2.75) is 45.3 Å². The van der Waals surface area contributed by atoms with Crippen molar-refractivity contribution in [3.63, 3.8) is 0 Å². The summed E-state index contributed by atoms with van der Waals surface area (Å²) in [7, 11) is 1.98. The van der Waals surface area contributed by atoms with Gasteiger partial charge in [0.25, 0.3) is 0 Å². The molecule has 3 atom stereocenters. The maximum absolute atomic E-state index is 8.75. The molecule has 0 aliphatic heterocycles. The SMILES string of the molecule is Cc1ccc(C(C(C)N)N(C)C(C)CC#N)o1. The molecule has 0 saturated heterocycles. The number of rotatable bonds is 5. The van der Waals surface area contributed by atoms with E-state index in [1.54, 1.807) is 0 Å². The van der Waals surface area contributed by atoms with Crippen LogP contribution in [0.1, 0.15) is 37.8 Å². The molecule has 0 aliphatic carbocycles. The molecule has 0 amide bonds. The molecular formula is C13H21N3O. The standard InChI is InChI=1S/C13H21N3O/c1-9(7-8-14)16(4)13(11(3)15)12-6-5-10(2)17-12/h5-6,9,11,13H,7,15H2,1-4H3. The summed E-state index contributed by atoms with van der Waals surface area (Å²) in [6.45, 7) is 5.90. The third kappa shape index (κ3) is 3.32. The van der Waals surface area contributed by atoms with Gasteiger partial charge in [-0.25, -0.2) is 0 Å². The molecule has 1 aromatic heterocycles. The predicted molar refractivity (Wildman–Crippen MR) is 67.3 cm³/mol. The normalized spacial score (nSPS) is 16.5. The van der Waals surface area contributed by atoms with Gasteiger partial charge in [-0.1, -0.05) is 0 Å². The Morgan fingerprint density at radius 2 is 2.12 bits per heavy atom. The van der Waals surface area contributed by atoms with Gasteiger partial charge in [0, 0.05) is 12.1 Å². The van der Waals surface area contributed by atoms with Crippen LogP contribution in [0.3, 0.4) is 0 Å². The fourth-order valence-corrected chi connectivity index (χ4v) is 1.99. The number of nitrogens with two attached hydrogens (primary N) is 1. The highest BCUT2D eigenvalue weighted by Crippen LogP contribution is 2.26. The van der Waals surface area contributed by atoms with Crippen molar-refractivity contribution < 1.29 is 4.42 Å². The van der Waals surface area contributed by atoms with Gasteiger partial charge in [-0.3, -0.25) is 4.90 Å². The zero-order valence-electron chi connectivity index (χ0n) is 11.0. The summed E-state index contributed by atoms with van der Waals surface area (Å²) in [5.41, 5.74) is 6.03. The van der Waals surface area contributed by atoms with E-state index in [9.17, 15) is 0 Å². The third-order valence-corrected chi connectivity index (χ3v) is 3.07. The van der Waals surface area contributed by atoms with Gasteiger partial charge >= 0.3 is 0 Å². The Bertz CT molecular complexity index is 392. The minimum Gasteiger partial charge on any atom is -0.465 e. The summed E-state index contributed by atoms with van der Waals surface area (Å²) < 4.78 is 5.65. The minimum absolute atomic E-state index is 0.00653. The second kappa shape index (κ2) is 5.85. The Balaban J connectivity index is 2.90. The molecule has 0 aromatic carbocycles. The lowest BCUT2D eigenvalue weighted by atomic mass is 10.0. The van der Waals surface area contributed by atoms with E-state index in [1.165, 1.54) is 0 Å². The van der Waals surface area contributed by atoms with E-state index >= 15 is 0 Å². The molecule has 1 aromatic rings. The number of hydrogen-bond acceptors (Lipinski definition) is 4. The van der Waals surface area contributed by atoms with Crippen molar-refractivity contribution in [3.05, 3.63) is 23.7 Å². The number of nitrogens with zero attached hydrogens (tertiary/aromatic N) is 2. The summed E-state index contributed by atoms with van der Waals surface area (Å²) in [6, 6.07) is 6.19. The summed E-state index contributed by atoms with van der Waals surface area (Å²) >= 11 is 0. The molecule has 0 radical (unpaired) electrons. The fraction of sp³-hybridized carbons (Fsp3) is 0.615. The monoisotopic (exact) mass is 235 g/mol. The quantitative estimate of drug-likeness (QED) is 0.849. The van der Waals surface area contributed by atoms with Gasteiger partial charge in [0.2, 0.25) is 0 Å². The van der Waals surface area contributed by atoms with E-state index in [2.05, 4.69) is 11.0 Å². The molecule has 1 rings (SSSR count). The van der Waals surface area contributed by atoms with Crippen LogP contribution < -0.4 is 5.73 Å². The molecule has 2 N–H and O–H groups in total. The van der Waals surface area contributed by atoms with Gasteiger partial charge in [0.05, 0.1) is 18.5 Å². The Morgan fingerprint density at radius 3 is 2.53 bits per heavy atom. The second-order valence-corrected chi connectivity index (χ2v) is 4.63. The van der Waals surface area contributed by atoms with E-state index in [-0.39, 0.29) is 18.1 Å². The number of furan rings is 1. The Morgan fingerprint density at radius 1 is 1.47 bits per heavy atom. The first kappa shape index (κ1) is 13.8. The van der Waals surface area contributed by atoms with Gasteiger partial charge < -0.3 is 10.2 Å². The fourth-order valence-electron chi connectivity index (χ4n) is 1.99. The number of aryl methyl sites for hydroxylation is 1. The lowest BCUT2D eigenvalue weighted by Gasteiger charge is -2.33. The van der Waals surface area contributed by atoms with Crippen molar-refractivity contribution in [1.82, 2.24) is 4.90 Å². The van der Waals surface area contributed by atoms with Crippen LogP contribution in [0.4, 0.5) is 0 Å². The highest BCUT2D eigenvalue weighted by molar-refractivity contribution is 5.12. The molecule has 17 heavy (non-hydrogen) atoms. The van der Waals surface area contributed by atoms with E-state index in [0.717, 1.165) is 11.5 Å². The zero-order chi connectivity index (χ0) is 13.0. The van der Waals surface area contributed by atoms with Crippen LogP contribution in [-0.2, 0) is 0 Å². The first-order valence-electron chi connectivity index (χ1n) is 5.88. The topological polar surface area (TPSA) is 66.2 Å². The van der Waals surface area contributed by atoms with Gasteiger partial charge in [-0.05, 0) is 40.0 Å². The van der Waals surface area contributed by atoms with Gasteiger partial charge in [-0.2, -0.15) is 5.26 Å². The molecule has 3 unspecified atom stereocenters. The van der Waals surface area contributed by atoms with Crippen LogP contribution in [0, 0.1) is 18.3 Å². The molecule has 94 valence electrons. The Kier molecular flexibility index (Phi) is 4.73. The van der Waals surface area contributed by atoms with Gasteiger partial charge in [0.1, 0.15) is 11.5 Å². The molecule has 0 bridgehead atoms. The van der Waals surface area contributed by atoms with Crippen molar-refractivity contribution >= 4 is 0 Å². The number of nitriles is 1. The molecule has 0 aliphatic rings. The lowest BCUT2D eigenvalue weighted by molar-refractivity contribution is 0.145. The van der Waals surface area contributed by atoms with Crippen molar-refractivity contribution in [1.29, 1.82) is 5.26 Å². The Hall–Kier alpha value is -1.31. The van der Waals surface area contributed by atoms with Crippen LogP contribution in [0.5, 0.6) is 0 Å². The zero-order valence-corrected chi connectivity index (χ0v) is 11.0. The van der Waals surface area contributed by atoms with Crippen LogP contribution in [0.15, 0.2) is 16.5 Å². The minimum atomic E-state index is -0.0494. The molecule has 0 spiro atoms. The molecule has 4 heteroatoms. The Labute approximate surface area is 103 Å². The molecule has 0 fully saturated rings. The summed E-state index contributed by atoms with van der Waals surface area (Å²) in [6.07, 6.45) is 0.486. The lowest BCUT2D eigenvalue weighted by Crippen LogP contribution is -2.41. The third-order valence-electron chi connectivity index (χ3n) is 3.07. The average molecular weight is 235 g/mol. The molecule has 1 heterocycles. The maximum atomic E-state index is 8.75. The van der Waals surface area contributed by atoms with Crippen molar-refractivity contribution in [2.24, 2.45) is 5.73 Å². The van der Waals surface area contributed by atoms with E-state index in [1.807, 2.05) is 40.0 Å². The summed E-state index contributed by atoms with van der Waals surface area (Å²) in [5.74, 6) is 1.75. The van der Waals surface area contributed by atoms with Crippen LogP contribution in [0.2, 0.25) is 0 Å². The second-order valence-electron chi connectivity index (χ2n) is 4.63. The number of hydrogen-bond donors (Lipinski definition) is 1. The predicted octanol–water partition coefficient (Wildman–Crippen LogP) is 2.21. The summed E-state index contributed by atoms with van der Waals surface area (Å²) in [5, 5.41) is 8.75. The first-order valence-corrected chi connectivity index (χ1v) is 5.88. The molecule has 4 nitrogen and oxygen atoms in total. The van der Waals surface area contributed by atoms with Gasteiger partial charge in [0.15, 0.2) is 0 Å². The van der Waals surface area contributed by atoms with Crippen molar-refractivity contribution in [3.8, 4) is 6.07 Å². The van der Waals surface area contributed by atoms with Crippen LogP contribution in [-0.4, -0.2) is 24.0 Å². The van der Waals surface area contributed by atoms with Crippen molar-refractivity contribution in [2.75, 3.05) is 7.05 Å². The highest BCUT2D eigenvalue weighted by Gasteiger charge is 2.27. The molecule has 0 saturated carbocycles. The van der Waals surface area contributed by atoms with Gasteiger partial charge in [-0.15, -0.1) is 0 Å². The average Bonchev–Trinajstić information content (AvgIpc) is 2.64. The number of likely N-dealkylation sites (N-methyl/N-ethyl adjacent to an activating group) is 1. The van der Waals surface area contributed by atoms with E-state index in [0.29, 0.717) is 6.42 Å². The first-order chi connectivity index (χ1) is 7.97. The maximum Gasteiger partial charge on any atom is 0.122 e. The van der Waals surface area contributed by atoms with E-state index < -0.39 is 0 Å². The smallest absolute Gasteiger partial charge is 0.122 e. The highest BCUT2D eigenvalue weighted by atomic mass is 16.3.